The lowest BCUT2D eigenvalue weighted by molar-refractivity contribution is -0.138. The lowest BCUT2D eigenvalue weighted by Crippen LogP contribution is -2.57. The van der Waals surface area contributed by atoms with Crippen LogP contribution in [0.5, 0.6) is 0 Å². The number of aromatic nitrogens is 1. The van der Waals surface area contributed by atoms with Crippen LogP contribution >= 0.6 is 12.2 Å². The maximum atomic E-state index is 13.7. The first-order chi connectivity index (χ1) is 20.1. The molecule has 1 saturated carbocycles. The molecule has 2 aromatic rings. The van der Waals surface area contributed by atoms with Crippen LogP contribution in [0.1, 0.15) is 69.7 Å². The van der Waals surface area contributed by atoms with E-state index >= 15 is 0 Å². The fourth-order valence-electron chi connectivity index (χ4n) is 5.57. The lowest BCUT2D eigenvalue weighted by atomic mass is 9.74. The molecule has 0 radical (unpaired) electrons. The van der Waals surface area contributed by atoms with Crippen molar-refractivity contribution < 1.29 is 27.4 Å². The van der Waals surface area contributed by atoms with E-state index < -0.39 is 37.5 Å². The first-order valence-corrected chi connectivity index (χ1v) is 17.8. The highest BCUT2D eigenvalue weighted by Gasteiger charge is 2.59. The largest absolute Gasteiger partial charge is 0.488 e. The van der Waals surface area contributed by atoms with Crippen LogP contribution in [0.25, 0.3) is 5.76 Å². The molecule has 230 valence electrons. The van der Waals surface area contributed by atoms with Crippen molar-refractivity contribution in [2.75, 3.05) is 16.4 Å². The molecule has 1 saturated heterocycles. The van der Waals surface area contributed by atoms with E-state index in [2.05, 4.69) is 44.9 Å². The SMILES string of the molecule is CC(C)(C)[Si](C)(C)OCC1CCC=C(c2ccc(N3C(=S)N(c4cnc(C#N)c(C(F)(F)F)c4)C(O)C34CCC4)cc2)O1. The Labute approximate surface area is 257 Å². The van der Waals surface area contributed by atoms with E-state index in [-0.39, 0.29) is 21.9 Å². The van der Waals surface area contributed by atoms with E-state index in [1.807, 2.05) is 29.2 Å². The first-order valence-electron chi connectivity index (χ1n) is 14.5. The number of ether oxygens (including phenoxy) is 1. The molecule has 0 amide bonds. The van der Waals surface area contributed by atoms with Gasteiger partial charge in [0.2, 0.25) is 0 Å². The minimum atomic E-state index is -4.78. The maximum Gasteiger partial charge on any atom is 0.419 e. The predicted molar refractivity (Wildman–Crippen MR) is 166 cm³/mol. The van der Waals surface area contributed by atoms with Gasteiger partial charge in [-0.05, 0) is 98.9 Å². The second kappa shape index (κ2) is 11.2. The molecule has 43 heavy (non-hydrogen) atoms. The molecular formula is C31H37F3N4O3SSi. The second-order valence-electron chi connectivity index (χ2n) is 13.0. The monoisotopic (exact) mass is 630 g/mol. The Balaban J connectivity index is 1.37. The quantitative estimate of drug-likeness (QED) is 0.262. The number of allylic oxidation sites excluding steroid dienone is 1. The average molecular weight is 631 g/mol. The number of hydrogen-bond donors (Lipinski definition) is 1. The van der Waals surface area contributed by atoms with E-state index in [9.17, 15) is 18.3 Å². The van der Waals surface area contributed by atoms with E-state index in [1.54, 1.807) is 0 Å². The molecule has 2 unspecified atom stereocenters. The summed E-state index contributed by atoms with van der Waals surface area (Å²) in [5.74, 6) is 0.786. The summed E-state index contributed by atoms with van der Waals surface area (Å²) in [6, 6.07) is 10.00. The summed E-state index contributed by atoms with van der Waals surface area (Å²) in [6.07, 6.45) is 1.07. The molecule has 5 rings (SSSR count). The van der Waals surface area contributed by atoms with Crippen LogP contribution in [0.4, 0.5) is 24.5 Å². The third-order valence-corrected chi connectivity index (χ3v) is 14.2. The molecule has 1 N–H and O–H groups in total. The van der Waals surface area contributed by atoms with Gasteiger partial charge in [-0.1, -0.05) is 20.8 Å². The van der Waals surface area contributed by atoms with E-state index in [1.165, 1.54) is 11.0 Å². The van der Waals surface area contributed by atoms with Gasteiger partial charge in [-0.25, -0.2) is 4.98 Å². The predicted octanol–water partition coefficient (Wildman–Crippen LogP) is 7.37. The highest BCUT2D eigenvalue weighted by molar-refractivity contribution is 7.80. The number of rotatable bonds is 6. The number of halogens is 3. The van der Waals surface area contributed by atoms with Crippen LogP contribution in [0.2, 0.25) is 18.1 Å². The van der Waals surface area contributed by atoms with Crippen molar-refractivity contribution in [3.63, 3.8) is 0 Å². The number of nitriles is 1. The molecule has 1 aromatic heterocycles. The van der Waals surface area contributed by atoms with Crippen molar-refractivity contribution in [2.45, 2.75) is 95.1 Å². The number of pyridine rings is 1. The molecule has 7 nitrogen and oxygen atoms in total. The zero-order valence-corrected chi connectivity index (χ0v) is 26.8. The smallest absolute Gasteiger partial charge is 0.419 e. The van der Waals surface area contributed by atoms with Gasteiger partial charge in [-0.3, -0.25) is 4.90 Å². The molecule has 2 aliphatic heterocycles. The van der Waals surface area contributed by atoms with Gasteiger partial charge in [0.1, 0.15) is 17.9 Å². The average Bonchev–Trinajstić information content (AvgIpc) is 3.17. The van der Waals surface area contributed by atoms with Crippen LogP contribution in [0.15, 0.2) is 42.6 Å². The van der Waals surface area contributed by atoms with Gasteiger partial charge in [-0.2, -0.15) is 18.4 Å². The highest BCUT2D eigenvalue weighted by atomic mass is 32.1. The number of anilines is 2. The first kappa shape index (κ1) is 31.4. The topological polar surface area (TPSA) is 81.9 Å². The number of hydrogen-bond acceptors (Lipinski definition) is 6. The van der Waals surface area contributed by atoms with Crippen LogP contribution in [0.3, 0.4) is 0 Å². The number of aliphatic hydroxyl groups is 1. The third-order valence-electron chi connectivity index (χ3n) is 9.31. The summed E-state index contributed by atoms with van der Waals surface area (Å²) in [5.41, 5.74) is -1.06. The fraction of sp³-hybridized carbons (Fsp3) is 0.516. The maximum absolute atomic E-state index is 13.7. The van der Waals surface area contributed by atoms with Crippen LogP contribution < -0.4 is 9.80 Å². The van der Waals surface area contributed by atoms with Gasteiger partial charge in [0, 0.05) is 11.3 Å². The van der Waals surface area contributed by atoms with Gasteiger partial charge in [-0.15, -0.1) is 0 Å². The molecule has 3 heterocycles. The Hall–Kier alpha value is -2.98. The van der Waals surface area contributed by atoms with Crippen molar-refractivity contribution in [1.82, 2.24) is 4.98 Å². The number of benzene rings is 1. The zero-order chi connectivity index (χ0) is 31.4. The normalized spacial score (nSPS) is 22.2. The molecule has 2 fully saturated rings. The Morgan fingerprint density at radius 3 is 2.42 bits per heavy atom. The van der Waals surface area contributed by atoms with Gasteiger partial charge in [0.25, 0.3) is 0 Å². The summed E-state index contributed by atoms with van der Waals surface area (Å²) in [7, 11) is -1.90. The molecule has 3 aliphatic rings. The van der Waals surface area contributed by atoms with Crippen molar-refractivity contribution in [2.24, 2.45) is 0 Å². The van der Waals surface area contributed by atoms with E-state index in [4.69, 9.17) is 26.6 Å². The second-order valence-corrected chi connectivity index (χ2v) is 18.2. The number of aliphatic hydroxyl groups excluding tert-OH is 1. The van der Waals surface area contributed by atoms with E-state index in [0.29, 0.717) is 19.4 Å². The van der Waals surface area contributed by atoms with Crippen LogP contribution in [-0.4, -0.2) is 48.0 Å². The van der Waals surface area contributed by atoms with Gasteiger partial charge in [0.15, 0.2) is 25.4 Å². The highest BCUT2D eigenvalue weighted by Crippen LogP contribution is 2.50. The van der Waals surface area contributed by atoms with Gasteiger partial charge < -0.3 is 19.2 Å². The molecule has 1 aliphatic carbocycles. The molecule has 2 atom stereocenters. The number of nitrogens with zero attached hydrogens (tertiary/aromatic N) is 4. The van der Waals surface area contributed by atoms with Crippen LogP contribution in [-0.2, 0) is 15.3 Å². The fourth-order valence-corrected chi connectivity index (χ4v) is 7.10. The summed E-state index contributed by atoms with van der Waals surface area (Å²) in [4.78, 5) is 6.89. The summed E-state index contributed by atoms with van der Waals surface area (Å²) in [5, 5.41) is 20.9. The minimum absolute atomic E-state index is 0.0130. The van der Waals surface area contributed by atoms with Crippen molar-refractivity contribution in [1.29, 1.82) is 5.26 Å². The Morgan fingerprint density at radius 1 is 1.19 bits per heavy atom. The standard InChI is InChI=1S/C31H37F3N4O3SSi/c1-29(2,3)43(4,5)40-19-23-8-6-9-26(41-23)20-10-12-21(13-11-20)38-28(42)37(27(39)30(38)14-7-15-30)22-16-24(31(32,33)34)25(17-35)36-18-22/h9-13,16,18,23,27,39H,6-8,14-15,19H2,1-5H3. The molecule has 1 spiro atoms. The van der Waals surface area contributed by atoms with Gasteiger partial charge in [0.05, 0.1) is 29.6 Å². The Kier molecular flexibility index (Phi) is 8.18. The minimum Gasteiger partial charge on any atom is -0.488 e. The number of alkyl halides is 3. The Bertz CT molecular complexity index is 1460. The lowest BCUT2D eigenvalue weighted by Gasteiger charge is -2.46. The summed E-state index contributed by atoms with van der Waals surface area (Å²) in [6.45, 7) is 11.7. The zero-order valence-electron chi connectivity index (χ0n) is 25.0. The summed E-state index contributed by atoms with van der Waals surface area (Å²) >= 11 is 5.78. The third kappa shape index (κ3) is 5.68. The number of thiocarbonyl (C=S) groups is 1. The molecule has 1 aromatic carbocycles. The van der Waals surface area contributed by atoms with Crippen molar-refractivity contribution in [3.05, 3.63) is 59.4 Å². The molecule has 12 heteroatoms. The summed E-state index contributed by atoms with van der Waals surface area (Å²) < 4.78 is 53.8. The van der Waals surface area contributed by atoms with Crippen molar-refractivity contribution in [3.8, 4) is 6.07 Å². The Morgan fingerprint density at radius 2 is 1.86 bits per heavy atom. The van der Waals surface area contributed by atoms with Gasteiger partial charge >= 0.3 is 6.18 Å². The van der Waals surface area contributed by atoms with Crippen LogP contribution in [0, 0.1) is 11.3 Å². The molecule has 0 bridgehead atoms. The van der Waals surface area contributed by atoms with E-state index in [0.717, 1.165) is 48.5 Å². The van der Waals surface area contributed by atoms with Crippen molar-refractivity contribution >= 4 is 42.8 Å². The molecular weight excluding hydrogens is 594 g/mol.